The van der Waals surface area contributed by atoms with E-state index >= 15 is 0 Å². The molecule has 1 aromatic carbocycles. The van der Waals surface area contributed by atoms with Gasteiger partial charge in [0, 0.05) is 24.8 Å². The third-order valence-electron chi connectivity index (χ3n) is 3.78. The summed E-state index contributed by atoms with van der Waals surface area (Å²) in [5.41, 5.74) is 4.17. The number of unbranched alkanes of at least 4 members (excludes halogenated alkanes) is 2. The molecule has 1 N–H and O–H groups in total. The second kappa shape index (κ2) is 9.02. The van der Waals surface area contributed by atoms with Crippen LogP contribution >= 0.6 is 0 Å². The van der Waals surface area contributed by atoms with Crippen LogP contribution in [0.4, 0.5) is 5.69 Å². The van der Waals surface area contributed by atoms with Gasteiger partial charge in [-0.3, -0.25) is 0 Å². The lowest BCUT2D eigenvalue weighted by atomic mass is 10.1. The van der Waals surface area contributed by atoms with Gasteiger partial charge in [-0.05, 0) is 50.9 Å². The van der Waals surface area contributed by atoms with Gasteiger partial charge in [-0.15, -0.1) is 0 Å². The molecule has 1 rings (SSSR count). The van der Waals surface area contributed by atoms with E-state index < -0.39 is 0 Å². The minimum absolute atomic E-state index is 0.560. The summed E-state index contributed by atoms with van der Waals surface area (Å²) in [4.78, 5) is 2.54. The molecule has 0 atom stereocenters. The number of benzene rings is 1. The summed E-state index contributed by atoms with van der Waals surface area (Å²) >= 11 is 0. The fourth-order valence-corrected chi connectivity index (χ4v) is 2.61. The van der Waals surface area contributed by atoms with E-state index in [-0.39, 0.29) is 0 Å². The number of nitrogens with zero attached hydrogens (tertiary/aromatic N) is 1. The Morgan fingerprint density at radius 3 is 2.45 bits per heavy atom. The molecule has 2 heteroatoms. The molecule has 20 heavy (non-hydrogen) atoms. The van der Waals surface area contributed by atoms with Crippen LogP contribution in [-0.2, 0) is 6.54 Å². The summed E-state index contributed by atoms with van der Waals surface area (Å²) < 4.78 is 0. The standard InChI is InChI=1S/C18H32N2/c1-6-8-9-12-20(15(3)4)18-11-10-17(13-16(18)5)14-19-7-2/h10-11,13,15,19H,6-9,12,14H2,1-5H3. The SMILES string of the molecule is CCCCCN(c1ccc(CNCC)cc1C)C(C)C. The Morgan fingerprint density at radius 1 is 1.15 bits per heavy atom. The van der Waals surface area contributed by atoms with Crippen molar-refractivity contribution in [1.29, 1.82) is 0 Å². The number of nitrogens with one attached hydrogen (secondary N) is 1. The highest BCUT2D eigenvalue weighted by Crippen LogP contribution is 2.24. The van der Waals surface area contributed by atoms with E-state index in [1.807, 2.05) is 0 Å². The molecule has 0 aliphatic carbocycles. The van der Waals surface area contributed by atoms with Gasteiger partial charge in [0.05, 0.1) is 0 Å². The molecule has 114 valence electrons. The van der Waals surface area contributed by atoms with Gasteiger partial charge in [-0.25, -0.2) is 0 Å². The zero-order valence-corrected chi connectivity index (χ0v) is 14.0. The van der Waals surface area contributed by atoms with Crippen molar-refractivity contribution < 1.29 is 0 Å². The average molecular weight is 276 g/mol. The lowest BCUT2D eigenvalue weighted by Gasteiger charge is -2.31. The van der Waals surface area contributed by atoms with Gasteiger partial charge in [0.2, 0.25) is 0 Å². The van der Waals surface area contributed by atoms with E-state index in [0.29, 0.717) is 6.04 Å². The maximum Gasteiger partial charge on any atom is 0.0398 e. The number of hydrogen-bond acceptors (Lipinski definition) is 2. The molecule has 0 saturated carbocycles. The Kier molecular flexibility index (Phi) is 7.68. The van der Waals surface area contributed by atoms with E-state index in [0.717, 1.165) is 13.1 Å². The van der Waals surface area contributed by atoms with Crippen LogP contribution in [0.15, 0.2) is 18.2 Å². The first-order valence-corrected chi connectivity index (χ1v) is 8.17. The van der Waals surface area contributed by atoms with Crippen LogP contribution in [0, 0.1) is 6.92 Å². The molecule has 0 aromatic heterocycles. The molecule has 1 aromatic rings. The van der Waals surface area contributed by atoms with Crippen molar-refractivity contribution in [3.05, 3.63) is 29.3 Å². The lowest BCUT2D eigenvalue weighted by Crippen LogP contribution is -2.32. The maximum absolute atomic E-state index is 3.39. The second-order valence-electron chi connectivity index (χ2n) is 5.90. The van der Waals surface area contributed by atoms with Crippen molar-refractivity contribution in [3.8, 4) is 0 Å². The third kappa shape index (κ3) is 5.16. The fraction of sp³-hybridized carbons (Fsp3) is 0.667. The topological polar surface area (TPSA) is 15.3 Å². The van der Waals surface area contributed by atoms with Gasteiger partial charge in [0.1, 0.15) is 0 Å². The molecule has 0 unspecified atom stereocenters. The summed E-state index contributed by atoms with van der Waals surface area (Å²) in [6.07, 6.45) is 3.89. The van der Waals surface area contributed by atoms with E-state index in [2.05, 4.69) is 63.0 Å². The minimum atomic E-state index is 0.560. The van der Waals surface area contributed by atoms with Gasteiger partial charge in [0.15, 0.2) is 0 Å². The maximum atomic E-state index is 3.39. The predicted octanol–water partition coefficient (Wildman–Crippen LogP) is 4.51. The van der Waals surface area contributed by atoms with Crippen LogP contribution in [0.1, 0.15) is 58.1 Å². The van der Waals surface area contributed by atoms with Gasteiger partial charge < -0.3 is 10.2 Å². The monoisotopic (exact) mass is 276 g/mol. The molecule has 0 bridgehead atoms. The molecule has 0 aliphatic rings. The van der Waals surface area contributed by atoms with E-state index in [9.17, 15) is 0 Å². The van der Waals surface area contributed by atoms with Crippen molar-refractivity contribution in [2.24, 2.45) is 0 Å². The summed E-state index contributed by atoms with van der Waals surface area (Å²) in [6, 6.07) is 7.45. The first-order valence-electron chi connectivity index (χ1n) is 8.17. The van der Waals surface area contributed by atoms with E-state index in [1.165, 1.54) is 42.6 Å². The number of anilines is 1. The molecule has 0 spiro atoms. The molecular formula is C18H32N2. The zero-order valence-electron chi connectivity index (χ0n) is 14.0. The first-order chi connectivity index (χ1) is 9.60. The summed E-state index contributed by atoms with van der Waals surface area (Å²) in [5.74, 6) is 0. The van der Waals surface area contributed by atoms with Crippen LogP contribution < -0.4 is 10.2 Å². The van der Waals surface area contributed by atoms with Crippen LogP contribution in [0.5, 0.6) is 0 Å². The van der Waals surface area contributed by atoms with Gasteiger partial charge >= 0.3 is 0 Å². The minimum Gasteiger partial charge on any atom is -0.369 e. The van der Waals surface area contributed by atoms with Crippen LogP contribution in [0.25, 0.3) is 0 Å². The van der Waals surface area contributed by atoms with E-state index in [1.54, 1.807) is 0 Å². The van der Waals surface area contributed by atoms with Crippen LogP contribution in [0.2, 0.25) is 0 Å². The fourth-order valence-electron chi connectivity index (χ4n) is 2.61. The number of aryl methyl sites for hydroxylation is 1. The molecule has 0 aliphatic heterocycles. The number of rotatable bonds is 9. The van der Waals surface area contributed by atoms with Crippen molar-refractivity contribution in [1.82, 2.24) is 5.32 Å². The van der Waals surface area contributed by atoms with Crippen LogP contribution in [0.3, 0.4) is 0 Å². The Bertz CT molecular complexity index is 385. The molecule has 0 saturated heterocycles. The molecule has 2 nitrogen and oxygen atoms in total. The Hall–Kier alpha value is -1.02. The van der Waals surface area contributed by atoms with Crippen molar-refractivity contribution in [3.63, 3.8) is 0 Å². The van der Waals surface area contributed by atoms with Crippen LogP contribution in [-0.4, -0.2) is 19.1 Å². The highest BCUT2D eigenvalue weighted by molar-refractivity contribution is 5.55. The molecule has 0 amide bonds. The second-order valence-corrected chi connectivity index (χ2v) is 5.90. The summed E-state index contributed by atoms with van der Waals surface area (Å²) in [6.45, 7) is 14.4. The molecule has 0 heterocycles. The lowest BCUT2D eigenvalue weighted by molar-refractivity contribution is 0.624. The summed E-state index contributed by atoms with van der Waals surface area (Å²) in [5, 5.41) is 3.39. The molecule has 0 radical (unpaired) electrons. The average Bonchev–Trinajstić information content (AvgIpc) is 2.42. The Labute approximate surface area is 125 Å². The smallest absolute Gasteiger partial charge is 0.0398 e. The molecular weight excluding hydrogens is 244 g/mol. The Morgan fingerprint density at radius 2 is 1.90 bits per heavy atom. The molecule has 0 fully saturated rings. The highest BCUT2D eigenvalue weighted by Gasteiger charge is 2.12. The highest BCUT2D eigenvalue weighted by atomic mass is 15.1. The largest absolute Gasteiger partial charge is 0.369 e. The quantitative estimate of drug-likeness (QED) is 0.668. The summed E-state index contributed by atoms with van der Waals surface area (Å²) in [7, 11) is 0. The predicted molar refractivity (Wildman–Crippen MR) is 90.6 cm³/mol. The first kappa shape index (κ1) is 17.0. The van der Waals surface area contributed by atoms with Crippen molar-refractivity contribution >= 4 is 5.69 Å². The van der Waals surface area contributed by atoms with Gasteiger partial charge in [-0.2, -0.15) is 0 Å². The van der Waals surface area contributed by atoms with Crippen molar-refractivity contribution in [2.75, 3.05) is 18.0 Å². The van der Waals surface area contributed by atoms with E-state index in [4.69, 9.17) is 0 Å². The van der Waals surface area contributed by atoms with Crippen molar-refractivity contribution in [2.45, 2.75) is 66.5 Å². The van der Waals surface area contributed by atoms with Gasteiger partial charge in [0.25, 0.3) is 0 Å². The third-order valence-corrected chi connectivity index (χ3v) is 3.78. The Balaban J connectivity index is 2.80. The van der Waals surface area contributed by atoms with Gasteiger partial charge in [-0.1, -0.05) is 38.8 Å². The zero-order chi connectivity index (χ0) is 15.0. The normalized spacial score (nSPS) is 11.1. The number of hydrogen-bond donors (Lipinski definition) is 1.